The fourth-order valence-electron chi connectivity index (χ4n) is 3.46. The van der Waals surface area contributed by atoms with Crippen molar-refractivity contribution >= 4 is 27.8 Å². The molecule has 1 aromatic rings. The van der Waals surface area contributed by atoms with E-state index < -0.39 is 11.0 Å². The van der Waals surface area contributed by atoms with Crippen LogP contribution in [-0.4, -0.2) is 17.5 Å². The molecule has 1 unspecified atom stereocenters. The molecule has 0 heterocycles. The molecule has 5 heteroatoms. The van der Waals surface area contributed by atoms with Crippen LogP contribution in [0.1, 0.15) is 63.6 Å². The summed E-state index contributed by atoms with van der Waals surface area (Å²) in [5.41, 5.74) is 0.845. The molecule has 3 rings (SSSR count). The van der Waals surface area contributed by atoms with E-state index in [0.29, 0.717) is 12.8 Å². The summed E-state index contributed by atoms with van der Waals surface area (Å²) in [6, 6.07) is 6.14. The van der Waals surface area contributed by atoms with E-state index in [2.05, 4.69) is 33.4 Å². The lowest BCUT2D eigenvalue weighted by Gasteiger charge is -2.40. The van der Waals surface area contributed by atoms with Gasteiger partial charge in [-0.3, -0.25) is 9.59 Å². The Morgan fingerprint density at radius 3 is 2.58 bits per heavy atom. The van der Waals surface area contributed by atoms with Crippen LogP contribution in [0, 0.1) is 5.41 Å². The molecule has 2 aliphatic carbocycles. The van der Waals surface area contributed by atoms with Gasteiger partial charge in [0.15, 0.2) is 0 Å². The Labute approximate surface area is 151 Å². The zero-order valence-electron chi connectivity index (χ0n) is 14.4. The maximum Gasteiger partial charge on any atom is 0.322 e. The van der Waals surface area contributed by atoms with Gasteiger partial charge in [-0.25, -0.2) is 0 Å². The molecule has 24 heavy (non-hydrogen) atoms. The molecular formula is C19H24BrNO3. The van der Waals surface area contributed by atoms with Crippen molar-refractivity contribution in [3.05, 3.63) is 33.8 Å². The summed E-state index contributed by atoms with van der Waals surface area (Å²) in [7, 11) is 0. The van der Waals surface area contributed by atoms with E-state index in [9.17, 15) is 9.59 Å². The summed E-state index contributed by atoms with van der Waals surface area (Å²) in [6.07, 6.45) is 3.86. The van der Waals surface area contributed by atoms with Crippen LogP contribution in [0.15, 0.2) is 22.7 Å². The highest BCUT2D eigenvalue weighted by Gasteiger charge is 2.53. The average molecular weight is 394 g/mol. The largest absolute Gasteiger partial charge is 0.459 e. The van der Waals surface area contributed by atoms with E-state index in [-0.39, 0.29) is 17.9 Å². The molecule has 0 saturated heterocycles. The number of carbonyl (C=O) groups excluding carboxylic acids is 2. The number of rotatable bonds is 3. The highest BCUT2D eigenvalue weighted by molar-refractivity contribution is 9.10. The summed E-state index contributed by atoms with van der Waals surface area (Å²) in [4.78, 5) is 25.5. The van der Waals surface area contributed by atoms with Crippen LogP contribution in [0.3, 0.4) is 0 Å². The van der Waals surface area contributed by atoms with Gasteiger partial charge in [0.25, 0.3) is 0 Å². The molecule has 0 radical (unpaired) electrons. The second kappa shape index (κ2) is 6.17. The van der Waals surface area contributed by atoms with E-state index in [1.807, 2.05) is 26.8 Å². The van der Waals surface area contributed by atoms with E-state index in [0.717, 1.165) is 29.3 Å². The Morgan fingerprint density at radius 1 is 1.29 bits per heavy atom. The summed E-state index contributed by atoms with van der Waals surface area (Å²) >= 11 is 3.49. The molecule has 0 aromatic heterocycles. The summed E-state index contributed by atoms with van der Waals surface area (Å²) in [6.45, 7) is 5.50. The second-order valence-corrected chi connectivity index (χ2v) is 8.76. The lowest BCUT2D eigenvalue weighted by molar-refractivity contribution is -0.177. The van der Waals surface area contributed by atoms with Gasteiger partial charge >= 0.3 is 5.97 Å². The number of amides is 1. The second-order valence-electron chi connectivity index (χ2n) is 7.85. The molecule has 0 bridgehead atoms. The fraction of sp³-hybridized carbons (Fsp3) is 0.579. The summed E-state index contributed by atoms with van der Waals surface area (Å²) < 4.78 is 6.56. The van der Waals surface area contributed by atoms with E-state index in [1.54, 1.807) is 0 Å². The Hall–Kier alpha value is -1.36. The minimum absolute atomic E-state index is 0.0134. The number of hydrogen-bond donors (Lipinski definition) is 1. The van der Waals surface area contributed by atoms with Gasteiger partial charge in [0, 0.05) is 4.47 Å². The molecule has 1 amide bonds. The van der Waals surface area contributed by atoms with Gasteiger partial charge in [-0.1, -0.05) is 28.4 Å². The molecule has 1 fully saturated rings. The highest BCUT2D eigenvalue weighted by atomic mass is 79.9. The maximum absolute atomic E-state index is 12.9. The van der Waals surface area contributed by atoms with Crippen molar-refractivity contribution in [1.29, 1.82) is 0 Å². The monoisotopic (exact) mass is 393 g/mol. The summed E-state index contributed by atoms with van der Waals surface area (Å²) in [5.74, 6) is -0.559. The first-order chi connectivity index (χ1) is 11.2. The zero-order valence-corrected chi connectivity index (χ0v) is 16.0. The van der Waals surface area contributed by atoms with Crippen molar-refractivity contribution in [2.75, 3.05) is 0 Å². The number of esters is 1. The van der Waals surface area contributed by atoms with Gasteiger partial charge in [-0.15, -0.1) is 0 Å². The number of ether oxygens (including phenoxy) is 1. The fourth-order valence-corrected chi connectivity index (χ4v) is 3.87. The first-order valence-electron chi connectivity index (χ1n) is 8.54. The van der Waals surface area contributed by atoms with Gasteiger partial charge in [-0.2, -0.15) is 0 Å². The van der Waals surface area contributed by atoms with Crippen molar-refractivity contribution in [3.63, 3.8) is 0 Å². The normalized spacial score (nSPS) is 21.6. The van der Waals surface area contributed by atoms with Crippen molar-refractivity contribution in [1.82, 2.24) is 5.32 Å². The van der Waals surface area contributed by atoms with Gasteiger partial charge in [-0.05, 0) is 69.7 Å². The lowest BCUT2D eigenvalue weighted by Crippen LogP contribution is -2.53. The Bertz CT molecular complexity index is 674. The molecule has 0 spiro atoms. The number of carbonyl (C=O) groups is 2. The van der Waals surface area contributed by atoms with Crippen LogP contribution in [0.2, 0.25) is 0 Å². The topological polar surface area (TPSA) is 55.4 Å². The maximum atomic E-state index is 12.9. The molecule has 0 aliphatic heterocycles. The van der Waals surface area contributed by atoms with Crippen LogP contribution in [0.25, 0.3) is 0 Å². The van der Waals surface area contributed by atoms with Crippen molar-refractivity contribution in [2.45, 2.75) is 64.5 Å². The van der Waals surface area contributed by atoms with Crippen LogP contribution < -0.4 is 5.32 Å². The third-order valence-corrected chi connectivity index (χ3v) is 5.41. The lowest BCUT2D eigenvalue weighted by atomic mass is 9.67. The number of aryl methyl sites for hydroxylation is 1. The SMILES string of the molecule is CC(C)(C)OC(=O)C1(C(=O)NC2CCc3cc(Br)ccc32)CCC1. The minimum atomic E-state index is -0.995. The van der Waals surface area contributed by atoms with Gasteiger partial charge in [0.2, 0.25) is 5.91 Å². The quantitative estimate of drug-likeness (QED) is 0.621. The van der Waals surface area contributed by atoms with E-state index >= 15 is 0 Å². The molecule has 1 aromatic carbocycles. The Kier molecular flexibility index (Phi) is 4.49. The first-order valence-corrected chi connectivity index (χ1v) is 9.33. The number of benzene rings is 1. The molecule has 1 atom stereocenters. The first kappa shape index (κ1) is 17.5. The van der Waals surface area contributed by atoms with Gasteiger partial charge in [0.05, 0.1) is 6.04 Å². The van der Waals surface area contributed by atoms with Gasteiger partial charge in [0.1, 0.15) is 11.0 Å². The predicted octanol–water partition coefficient (Wildman–Crippen LogP) is 4.06. The minimum Gasteiger partial charge on any atom is -0.459 e. The molecular weight excluding hydrogens is 370 g/mol. The van der Waals surface area contributed by atoms with Crippen molar-refractivity contribution in [3.8, 4) is 0 Å². The van der Waals surface area contributed by atoms with Crippen LogP contribution in [0.4, 0.5) is 0 Å². The summed E-state index contributed by atoms with van der Waals surface area (Å²) in [5, 5.41) is 3.11. The highest BCUT2D eigenvalue weighted by Crippen LogP contribution is 2.44. The number of nitrogens with one attached hydrogen (secondary N) is 1. The Balaban J connectivity index is 1.74. The molecule has 1 N–H and O–H groups in total. The molecule has 130 valence electrons. The number of fused-ring (bicyclic) bond motifs is 1. The molecule has 1 saturated carbocycles. The smallest absolute Gasteiger partial charge is 0.322 e. The number of hydrogen-bond acceptors (Lipinski definition) is 3. The van der Waals surface area contributed by atoms with Crippen LogP contribution in [-0.2, 0) is 20.7 Å². The zero-order chi connectivity index (χ0) is 17.5. The standard InChI is InChI=1S/C19H24BrNO3/c1-18(2,3)24-17(23)19(9-4-10-19)16(22)21-15-8-5-12-11-13(20)6-7-14(12)15/h6-7,11,15H,4-5,8-10H2,1-3H3,(H,21,22). The average Bonchev–Trinajstić information content (AvgIpc) is 2.77. The third kappa shape index (κ3) is 3.23. The van der Waals surface area contributed by atoms with Gasteiger partial charge < -0.3 is 10.1 Å². The van der Waals surface area contributed by atoms with Crippen molar-refractivity contribution in [2.24, 2.45) is 5.41 Å². The van der Waals surface area contributed by atoms with Crippen molar-refractivity contribution < 1.29 is 14.3 Å². The molecule has 4 nitrogen and oxygen atoms in total. The van der Waals surface area contributed by atoms with Crippen LogP contribution in [0.5, 0.6) is 0 Å². The number of halogens is 1. The van der Waals surface area contributed by atoms with E-state index in [1.165, 1.54) is 5.56 Å². The van der Waals surface area contributed by atoms with E-state index in [4.69, 9.17) is 4.74 Å². The molecule has 2 aliphatic rings. The third-order valence-electron chi connectivity index (χ3n) is 4.92. The predicted molar refractivity (Wildman–Crippen MR) is 95.5 cm³/mol. The Morgan fingerprint density at radius 2 is 2.00 bits per heavy atom. The van der Waals surface area contributed by atoms with Crippen LogP contribution >= 0.6 is 15.9 Å².